The van der Waals surface area contributed by atoms with Gasteiger partial charge in [0.25, 0.3) is 0 Å². The summed E-state index contributed by atoms with van der Waals surface area (Å²) in [6.07, 6.45) is 0. The number of hydrogen-bond acceptors (Lipinski definition) is 8. The Kier molecular flexibility index (Phi) is 3.83. The SMILES string of the molecule is Cc1cc(CS(=O)(=O)[C@H](C)c2nc(-c3cccs3)no2)on1. The number of aryl methyl sites for hydroxylation is 1. The molecular formula is C13H13N3O4S2. The minimum Gasteiger partial charge on any atom is -0.360 e. The van der Waals surface area contributed by atoms with E-state index in [9.17, 15) is 8.42 Å². The van der Waals surface area contributed by atoms with Crippen molar-refractivity contribution in [1.82, 2.24) is 15.3 Å². The molecule has 7 nitrogen and oxygen atoms in total. The molecule has 22 heavy (non-hydrogen) atoms. The van der Waals surface area contributed by atoms with Crippen molar-refractivity contribution in [3.63, 3.8) is 0 Å². The number of sulfone groups is 1. The normalized spacial score (nSPS) is 13.4. The van der Waals surface area contributed by atoms with E-state index in [1.54, 1.807) is 13.0 Å². The van der Waals surface area contributed by atoms with Crippen molar-refractivity contribution in [1.29, 1.82) is 0 Å². The third-order valence-corrected chi connectivity index (χ3v) is 5.92. The van der Waals surface area contributed by atoms with Gasteiger partial charge in [-0.25, -0.2) is 8.42 Å². The van der Waals surface area contributed by atoms with Crippen LogP contribution in [0.3, 0.4) is 0 Å². The molecule has 0 spiro atoms. The lowest BCUT2D eigenvalue weighted by molar-refractivity contribution is 0.374. The standard InChI is InChI=1S/C13H13N3O4S2/c1-8-6-10(19-15-8)7-22(17,18)9(2)13-14-12(16-20-13)11-4-3-5-21-11/h3-6,9H,7H2,1-2H3/t9-/m1/s1. The highest BCUT2D eigenvalue weighted by Crippen LogP contribution is 2.27. The minimum absolute atomic E-state index is 0.0691. The Bertz CT molecular complexity index is 865. The van der Waals surface area contributed by atoms with Crippen LogP contribution >= 0.6 is 11.3 Å². The average molecular weight is 339 g/mol. The summed E-state index contributed by atoms with van der Waals surface area (Å²) in [6, 6.07) is 5.30. The molecule has 0 saturated heterocycles. The largest absolute Gasteiger partial charge is 0.360 e. The summed E-state index contributed by atoms with van der Waals surface area (Å²) in [6.45, 7) is 3.25. The van der Waals surface area contributed by atoms with Crippen molar-refractivity contribution in [3.8, 4) is 10.7 Å². The van der Waals surface area contributed by atoms with Crippen molar-refractivity contribution in [3.05, 3.63) is 40.9 Å². The van der Waals surface area contributed by atoms with Crippen LogP contribution in [0.5, 0.6) is 0 Å². The zero-order valence-corrected chi connectivity index (χ0v) is 13.5. The van der Waals surface area contributed by atoms with Crippen LogP contribution in [0.25, 0.3) is 10.7 Å². The summed E-state index contributed by atoms with van der Waals surface area (Å²) < 4.78 is 34.8. The minimum atomic E-state index is -3.54. The Hall–Kier alpha value is -2.00. The first-order valence-electron chi connectivity index (χ1n) is 6.47. The zero-order chi connectivity index (χ0) is 15.7. The summed E-state index contributed by atoms with van der Waals surface area (Å²) in [5.74, 6) is 0.496. The lowest BCUT2D eigenvalue weighted by Gasteiger charge is -2.06. The smallest absolute Gasteiger partial charge is 0.245 e. The van der Waals surface area contributed by atoms with Gasteiger partial charge < -0.3 is 9.05 Å². The Balaban J connectivity index is 1.82. The molecule has 0 fully saturated rings. The van der Waals surface area contributed by atoms with E-state index in [1.807, 2.05) is 17.5 Å². The first-order valence-corrected chi connectivity index (χ1v) is 9.06. The third kappa shape index (κ3) is 2.95. The van der Waals surface area contributed by atoms with Crippen molar-refractivity contribution in [2.24, 2.45) is 0 Å². The Morgan fingerprint density at radius 2 is 2.14 bits per heavy atom. The van der Waals surface area contributed by atoms with E-state index >= 15 is 0 Å². The summed E-state index contributed by atoms with van der Waals surface area (Å²) in [5, 5.41) is 8.48. The summed E-state index contributed by atoms with van der Waals surface area (Å²) in [5.41, 5.74) is 0.635. The molecule has 0 unspecified atom stereocenters. The van der Waals surface area contributed by atoms with E-state index in [4.69, 9.17) is 9.05 Å². The molecule has 0 N–H and O–H groups in total. The van der Waals surface area contributed by atoms with Crippen molar-refractivity contribution >= 4 is 21.2 Å². The van der Waals surface area contributed by atoms with Crippen LogP contribution in [0.1, 0.15) is 29.5 Å². The van der Waals surface area contributed by atoms with Gasteiger partial charge in [0.05, 0.1) is 10.6 Å². The quantitative estimate of drug-likeness (QED) is 0.704. The molecule has 0 aliphatic carbocycles. The predicted molar refractivity (Wildman–Crippen MR) is 79.9 cm³/mol. The predicted octanol–water partition coefficient (Wildman–Crippen LogP) is 2.77. The third-order valence-electron chi connectivity index (χ3n) is 3.09. The van der Waals surface area contributed by atoms with Crippen LogP contribution in [-0.4, -0.2) is 23.7 Å². The molecule has 0 aliphatic rings. The number of rotatable bonds is 5. The van der Waals surface area contributed by atoms with Gasteiger partial charge in [-0.3, -0.25) is 0 Å². The van der Waals surface area contributed by atoms with Gasteiger partial charge >= 0.3 is 0 Å². The van der Waals surface area contributed by atoms with E-state index in [-0.39, 0.29) is 11.6 Å². The van der Waals surface area contributed by atoms with Gasteiger partial charge in [0.2, 0.25) is 11.7 Å². The zero-order valence-electron chi connectivity index (χ0n) is 11.9. The fourth-order valence-corrected chi connectivity index (χ4v) is 3.70. The highest BCUT2D eigenvalue weighted by atomic mass is 32.2. The number of hydrogen-bond donors (Lipinski definition) is 0. The second kappa shape index (κ2) is 5.65. The second-order valence-corrected chi connectivity index (χ2v) is 8.09. The Morgan fingerprint density at radius 3 is 2.77 bits per heavy atom. The Labute approximate surface area is 130 Å². The molecule has 3 heterocycles. The van der Waals surface area contributed by atoms with E-state index in [0.717, 1.165) is 4.88 Å². The molecule has 0 bridgehead atoms. The van der Waals surface area contributed by atoms with Crippen molar-refractivity contribution in [2.45, 2.75) is 24.9 Å². The van der Waals surface area contributed by atoms with E-state index in [1.165, 1.54) is 18.3 Å². The number of thiophene rings is 1. The van der Waals surface area contributed by atoms with Gasteiger partial charge in [-0.1, -0.05) is 16.4 Å². The van der Waals surface area contributed by atoms with Gasteiger partial charge in [-0.2, -0.15) is 4.98 Å². The van der Waals surface area contributed by atoms with Crippen molar-refractivity contribution in [2.75, 3.05) is 0 Å². The fourth-order valence-electron chi connectivity index (χ4n) is 1.87. The van der Waals surface area contributed by atoms with E-state index in [0.29, 0.717) is 17.3 Å². The summed E-state index contributed by atoms with van der Waals surface area (Å²) in [4.78, 5) is 5.00. The van der Waals surface area contributed by atoms with Gasteiger partial charge in [-0.05, 0) is 25.3 Å². The molecule has 3 rings (SSSR count). The van der Waals surface area contributed by atoms with E-state index < -0.39 is 15.1 Å². The van der Waals surface area contributed by atoms with Crippen LogP contribution in [-0.2, 0) is 15.6 Å². The highest BCUT2D eigenvalue weighted by molar-refractivity contribution is 7.90. The number of aromatic nitrogens is 3. The molecule has 0 aromatic carbocycles. The van der Waals surface area contributed by atoms with Gasteiger partial charge in [-0.15, -0.1) is 11.3 Å². The maximum atomic E-state index is 12.4. The first-order chi connectivity index (χ1) is 10.5. The molecule has 0 aliphatic heterocycles. The van der Waals surface area contributed by atoms with Gasteiger partial charge in [0.15, 0.2) is 15.6 Å². The maximum absolute atomic E-state index is 12.4. The van der Waals surface area contributed by atoms with Crippen LogP contribution in [0.2, 0.25) is 0 Å². The lowest BCUT2D eigenvalue weighted by Crippen LogP contribution is -2.13. The number of nitrogens with zero attached hydrogens (tertiary/aromatic N) is 3. The lowest BCUT2D eigenvalue weighted by atomic mass is 10.4. The Morgan fingerprint density at radius 1 is 1.32 bits per heavy atom. The van der Waals surface area contributed by atoms with Crippen LogP contribution < -0.4 is 0 Å². The van der Waals surface area contributed by atoms with Crippen LogP contribution in [0, 0.1) is 6.92 Å². The monoisotopic (exact) mass is 339 g/mol. The molecule has 3 aromatic heterocycles. The highest BCUT2D eigenvalue weighted by Gasteiger charge is 2.30. The second-order valence-electron chi connectivity index (χ2n) is 4.82. The van der Waals surface area contributed by atoms with Gasteiger partial charge in [0.1, 0.15) is 11.0 Å². The first kappa shape index (κ1) is 14.9. The average Bonchev–Trinajstić information content (AvgIpc) is 3.17. The molecule has 9 heteroatoms. The molecule has 0 saturated carbocycles. The summed E-state index contributed by atoms with van der Waals surface area (Å²) >= 11 is 1.46. The summed E-state index contributed by atoms with van der Waals surface area (Å²) in [7, 11) is -3.54. The topological polar surface area (TPSA) is 99.1 Å². The van der Waals surface area contributed by atoms with E-state index in [2.05, 4.69) is 15.3 Å². The fraction of sp³-hybridized carbons (Fsp3) is 0.308. The molecule has 0 amide bonds. The molecule has 116 valence electrons. The maximum Gasteiger partial charge on any atom is 0.245 e. The van der Waals surface area contributed by atoms with Crippen LogP contribution in [0.15, 0.2) is 32.6 Å². The van der Waals surface area contributed by atoms with Gasteiger partial charge in [0, 0.05) is 6.07 Å². The van der Waals surface area contributed by atoms with Crippen molar-refractivity contribution < 1.29 is 17.5 Å². The van der Waals surface area contributed by atoms with Crippen LogP contribution in [0.4, 0.5) is 0 Å². The molecule has 3 aromatic rings. The molecule has 1 atom stereocenters. The molecule has 0 radical (unpaired) electrons. The molecular weight excluding hydrogens is 326 g/mol.